The zero-order valence-corrected chi connectivity index (χ0v) is 14.3. The predicted molar refractivity (Wildman–Crippen MR) is 87.5 cm³/mol. The van der Waals surface area contributed by atoms with Crippen molar-refractivity contribution in [2.45, 2.75) is 38.3 Å². The van der Waals surface area contributed by atoms with E-state index in [-0.39, 0.29) is 36.3 Å². The van der Waals surface area contributed by atoms with Crippen LogP contribution >= 0.6 is 0 Å². The van der Waals surface area contributed by atoms with Gasteiger partial charge < -0.3 is 24.9 Å². The van der Waals surface area contributed by atoms with E-state index in [1.807, 2.05) is 6.92 Å². The first-order valence-corrected chi connectivity index (χ1v) is 8.21. The number of fused-ring (bicyclic) bond motifs is 1. The minimum absolute atomic E-state index is 0.126. The van der Waals surface area contributed by atoms with Crippen molar-refractivity contribution >= 4 is 5.82 Å². The lowest BCUT2D eigenvalue weighted by molar-refractivity contribution is -0.389. The van der Waals surface area contributed by atoms with Crippen LogP contribution in [0.5, 0.6) is 11.8 Å². The molecule has 8 nitrogen and oxygen atoms in total. The van der Waals surface area contributed by atoms with Crippen molar-refractivity contribution in [1.82, 2.24) is 14.9 Å². The lowest BCUT2D eigenvalue weighted by atomic mass is 10.0. The lowest BCUT2D eigenvalue weighted by Crippen LogP contribution is -2.43. The SMILES string of the molecule is CCC(N[C@@H]1COc2nc([N+](=O)[O-])cn2C1)c1ccc(OC(F)(F)F)cc1. The highest BCUT2D eigenvalue weighted by Gasteiger charge is 2.31. The molecule has 1 aromatic carbocycles. The average molecular weight is 386 g/mol. The number of nitrogens with one attached hydrogen (secondary N) is 1. The Labute approximate surface area is 152 Å². The van der Waals surface area contributed by atoms with Crippen LogP contribution < -0.4 is 14.8 Å². The lowest BCUT2D eigenvalue weighted by Gasteiger charge is -2.28. The fraction of sp³-hybridized carbons (Fsp3) is 0.438. The van der Waals surface area contributed by atoms with Gasteiger partial charge in [-0.05, 0) is 29.0 Å². The number of hydrogen-bond donors (Lipinski definition) is 1. The van der Waals surface area contributed by atoms with Crippen LogP contribution in [0.1, 0.15) is 24.9 Å². The molecule has 1 aliphatic heterocycles. The first-order valence-electron chi connectivity index (χ1n) is 8.21. The van der Waals surface area contributed by atoms with Gasteiger partial charge >= 0.3 is 18.2 Å². The van der Waals surface area contributed by atoms with Crippen molar-refractivity contribution in [3.63, 3.8) is 0 Å². The molecule has 0 fully saturated rings. The van der Waals surface area contributed by atoms with Gasteiger partial charge in [0.1, 0.15) is 18.6 Å². The van der Waals surface area contributed by atoms with Crippen LogP contribution in [0.15, 0.2) is 30.5 Å². The Hall–Kier alpha value is -2.82. The number of benzene rings is 1. The van der Waals surface area contributed by atoms with Gasteiger partial charge in [-0.1, -0.05) is 19.1 Å². The molecule has 2 aromatic rings. The number of rotatable bonds is 6. The first kappa shape index (κ1) is 19.0. The quantitative estimate of drug-likeness (QED) is 0.606. The molecule has 0 bridgehead atoms. The highest BCUT2D eigenvalue weighted by molar-refractivity contribution is 5.29. The van der Waals surface area contributed by atoms with Crippen LogP contribution in [-0.4, -0.2) is 33.5 Å². The summed E-state index contributed by atoms with van der Waals surface area (Å²) in [5.41, 5.74) is 0.800. The Bertz CT molecular complexity index is 807. The molecule has 3 rings (SSSR count). The standard InChI is InChI=1S/C16H17F3N4O4/c1-2-13(10-3-5-12(6-4-10)27-16(17,18)19)20-11-7-22-8-14(23(24)25)21-15(22)26-9-11/h3-6,8,11,13,20H,2,7,9H2,1H3/t11-,13?/m0/s1. The molecule has 146 valence electrons. The van der Waals surface area contributed by atoms with Gasteiger partial charge in [0.05, 0.1) is 6.04 Å². The Morgan fingerprint density at radius 2 is 2.15 bits per heavy atom. The summed E-state index contributed by atoms with van der Waals surface area (Å²) in [6, 6.07) is 5.60. The van der Waals surface area contributed by atoms with E-state index in [1.165, 1.54) is 18.3 Å². The van der Waals surface area contributed by atoms with E-state index in [4.69, 9.17) is 4.74 Å². The van der Waals surface area contributed by atoms with E-state index in [9.17, 15) is 23.3 Å². The molecular weight excluding hydrogens is 369 g/mol. The third-order valence-electron chi connectivity index (χ3n) is 4.11. The van der Waals surface area contributed by atoms with Gasteiger partial charge in [0.15, 0.2) is 0 Å². The molecule has 0 amide bonds. The Kier molecular flexibility index (Phi) is 5.22. The number of alkyl halides is 3. The summed E-state index contributed by atoms with van der Waals surface area (Å²) in [6.07, 6.45) is -2.73. The van der Waals surface area contributed by atoms with Gasteiger partial charge in [0, 0.05) is 17.6 Å². The summed E-state index contributed by atoms with van der Waals surface area (Å²) >= 11 is 0. The van der Waals surface area contributed by atoms with Crippen LogP contribution in [-0.2, 0) is 6.54 Å². The monoisotopic (exact) mass is 386 g/mol. The van der Waals surface area contributed by atoms with Gasteiger partial charge in [-0.2, -0.15) is 0 Å². The van der Waals surface area contributed by atoms with Gasteiger partial charge in [-0.15, -0.1) is 13.2 Å². The zero-order chi connectivity index (χ0) is 19.6. The van der Waals surface area contributed by atoms with Gasteiger partial charge in [-0.3, -0.25) is 4.57 Å². The highest BCUT2D eigenvalue weighted by atomic mass is 19.4. The third-order valence-corrected chi connectivity index (χ3v) is 4.11. The van der Waals surface area contributed by atoms with E-state index in [0.29, 0.717) is 13.0 Å². The van der Waals surface area contributed by atoms with Crippen LogP contribution in [0, 0.1) is 10.1 Å². The van der Waals surface area contributed by atoms with Crippen molar-refractivity contribution in [2.24, 2.45) is 0 Å². The number of imidazole rings is 1. The van der Waals surface area contributed by atoms with E-state index >= 15 is 0 Å². The summed E-state index contributed by atoms with van der Waals surface area (Å²) in [4.78, 5) is 14.0. The van der Waals surface area contributed by atoms with Crippen LogP contribution in [0.25, 0.3) is 0 Å². The highest BCUT2D eigenvalue weighted by Crippen LogP contribution is 2.27. The minimum Gasteiger partial charge on any atom is -0.444 e. The number of nitro groups is 1. The Balaban J connectivity index is 1.65. The van der Waals surface area contributed by atoms with Crippen LogP contribution in [0.2, 0.25) is 0 Å². The smallest absolute Gasteiger partial charge is 0.444 e. The largest absolute Gasteiger partial charge is 0.573 e. The summed E-state index contributed by atoms with van der Waals surface area (Å²) in [5.74, 6) is -0.560. The fourth-order valence-electron chi connectivity index (χ4n) is 2.92. The fourth-order valence-corrected chi connectivity index (χ4v) is 2.92. The van der Waals surface area contributed by atoms with Gasteiger partial charge in [0.2, 0.25) is 0 Å². The number of halogens is 3. The molecule has 1 aromatic heterocycles. The van der Waals surface area contributed by atoms with Crippen molar-refractivity contribution in [3.05, 3.63) is 46.1 Å². The molecule has 2 heterocycles. The van der Waals surface area contributed by atoms with Gasteiger partial charge in [-0.25, -0.2) is 0 Å². The van der Waals surface area contributed by atoms with E-state index < -0.39 is 11.3 Å². The minimum atomic E-state index is -4.73. The second-order valence-electron chi connectivity index (χ2n) is 6.04. The summed E-state index contributed by atoms with van der Waals surface area (Å²) < 4.78 is 47.7. The predicted octanol–water partition coefficient (Wildman–Crippen LogP) is 3.19. The second kappa shape index (κ2) is 7.43. The maximum atomic E-state index is 12.3. The summed E-state index contributed by atoms with van der Waals surface area (Å²) in [5, 5.41) is 14.2. The summed E-state index contributed by atoms with van der Waals surface area (Å²) in [7, 11) is 0. The molecule has 27 heavy (non-hydrogen) atoms. The van der Waals surface area contributed by atoms with Crippen molar-refractivity contribution in [1.29, 1.82) is 0 Å². The van der Waals surface area contributed by atoms with Crippen molar-refractivity contribution in [2.75, 3.05) is 6.61 Å². The van der Waals surface area contributed by atoms with Gasteiger partial charge in [0.25, 0.3) is 0 Å². The molecule has 0 saturated heterocycles. The zero-order valence-electron chi connectivity index (χ0n) is 14.3. The molecule has 0 spiro atoms. The molecule has 0 aliphatic carbocycles. The second-order valence-corrected chi connectivity index (χ2v) is 6.04. The van der Waals surface area contributed by atoms with Crippen LogP contribution in [0.4, 0.5) is 19.0 Å². The van der Waals surface area contributed by atoms with E-state index in [1.54, 1.807) is 16.7 Å². The third kappa shape index (κ3) is 4.67. The number of hydrogen-bond acceptors (Lipinski definition) is 6. The number of ether oxygens (including phenoxy) is 2. The van der Waals surface area contributed by atoms with Crippen molar-refractivity contribution < 1.29 is 27.6 Å². The summed E-state index contributed by atoms with van der Waals surface area (Å²) in [6.45, 7) is 2.65. The molecule has 2 atom stereocenters. The maximum Gasteiger partial charge on any atom is 0.573 e. The molecule has 11 heteroatoms. The Morgan fingerprint density at radius 1 is 1.44 bits per heavy atom. The normalized spacial score (nSPS) is 17.7. The topological polar surface area (TPSA) is 91.5 Å². The molecule has 1 N–H and O–H groups in total. The Morgan fingerprint density at radius 3 is 2.74 bits per heavy atom. The number of nitrogens with zero attached hydrogens (tertiary/aromatic N) is 3. The van der Waals surface area contributed by atoms with E-state index in [2.05, 4.69) is 15.0 Å². The van der Waals surface area contributed by atoms with E-state index in [0.717, 1.165) is 5.56 Å². The molecular formula is C16H17F3N4O4. The van der Waals surface area contributed by atoms with Crippen molar-refractivity contribution in [3.8, 4) is 11.8 Å². The molecule has 1 unspecified atom stereocenters. The van der Waals surface area contributed by atoms with Crippen LogP contribution in [0.3, 0.4) is 0 Å². The number of aromatic nitrogens is 2. The molecule has 1 aliphatic rings. The molecule has 0 saturated carbocycles. The first-order chi connectivity index (χ1) is 12.7. The maximum absolute atomic E-state index is 12.3. The average Bonchev–Trinajstić information content (AvgIpc) is 3.03. The molecule has 0 radical (unpaired) electrons.